The van der Waals surface area contributed by atoms with E-state index in [-0.39, 0.29) is 17.8 Å². The van der Waals surface area contributed by atoms with Crippen LogP contribution in [0.25, 0.3) is 0 Å². The van der Waals surface area contributed by atoms with Gasteiger partial charge in [-0.15, -0.1) is 0 Å². The highest BCUT2D eigenvalue weighted by Crippen LogP contribution is 2.29. The normalized spacial score (nSPS) is 14.6. The fourth-order valence-corrected chi connectivity index (χ4v) is 2.42. The molecule has 1 heterocycles. The van der Waals surface area contributed by atoms with Gasteiger partial charge in [-0.25, -0.2) is 4.98 Å². The van der Waals surface area contributed by atoms with Gasteiger partial charge in [-0.1, -0.05) is 6.92 Å². The minimum Gasteiger partial charge on any atom is -0.367 e. The zero-order valence-corrected chi connectivity index (χ0v) is 12.9. The van der Waals surface area contributed by atoms with E-state index in [2.05, 4.69) is 20.6 Å². The first-order valence-corrected chi connectivity index (χ1v) is 8.21. The molecule has 2 unspecified atom stereocenters. The fourth-order valence-electron chi connectivity index (χ4n) is 1.63. The average molecular weight is 324 g/mol. The van der Waals surface area contributed by atoms with Gasteiger partial charge in [0.2, 0.25) is 5.95 Å². The van der Waals surface area contributed by atoms with Crippen molar-refractivity contribution in [2.24, 2.45) is 0 Å². The second-order valence-electron chi connectivity index (χ2n) is 4.67. The number of anilines is 2. The number of hydrogen-bond acceptors (Lipinski definition) is 5. The van der Waals surface area contributed by atoms with Gasteiger partial charge in [0.25, 0.3) is 0 Å². The highest BCUT2D eigenvalue weighted by Gasteiger charge is 2.33. The second kappa shape index (κ2) is 7.58. The molecular formula is C12H19F3N4OS. The third-order valence-corrected chi connectivity index (χ3v) is 3.40. The Morgan fingerprint density at radius 3 is 2.57 bits per heavy atom. The van der Waals surface area contributed by atoms with E-state index in [1.807, 2.05) is 6.92 Å². The van der Waals surface area contributed by atoms with Gasteiger partial charge in [-0.05, 0) is 13.3 Å². The Kier molecular flexibility index (Phi) is 6.38. The molecule has 2 atom stereocenters. The number of halogens is 3. The van der Waals surface area contributed by atoms with E-state index in [0.29, 0.717) is 12.3 Å². The summed E-state index contributed by atoms with van der Waals surface area (Å²) < 4.78 is 49.6. The Morgan fingerprint density at radius 1 is 1.38 bits per heavy atom. The molecule has 0 radical (unpaired) electrons. The van der Waals surface area contributed by atoms with Crippen molar-refractivity contribution in [3.8, 4) is 0 Å². The SMILES string of the molecule is CCCNc1nc(NC(C)CS(C)=O)cc(C(F)(F)F)n1. The Labute approximate surface area is 124 Å². The zero-order chi connectivity index (χ0) is 16.0. The largest absolute Gasteiger partial charge is 0.433 e. The predicted molar refractivity (Wildman–Crippen MR) is 77.8 cm³/mol. The quantitative estimate of drug-likeness (QED) is 0.807. The van der Waals surface area contributed by atoms with E-state index in [0.717, 1.165) is 12.5 Å². The summed E-state index contributed by atoms with van der Waals surface area (Å²) in [5.41, 5.74) is -1.01. The molecule has 2 N–H and O–H groups in total. The highest BCUT2D eigenvalue weighted by molar-refractivity contribution is 7.84. The third kappa shape index (κ3) is 6.28. The van der Waals surface area contributed by atoms with Gasteiger partial charge >= 0.3 is 6.18 Å². The number of nitrogens with zero attached hydrogens (tertiary/aromatic N) is 2. The zero-order valence-electron chi connectivity index (χ0n) is 12.1. The summed E-state index contributed by atoms with van der Waals surface area (Å²) in [5, 5.41) is 5.56. The molecule has 0 aliphatic rings. The van der Waals surface area contributed by atoms with Gasteiger partial charge in [0, 0.05) is 41.5 Å². The summed E-state index contributed by atoms with van der Waals surface area (Å²) >= 11 is 0. The molecule has 21 heavy (non-hydrogen) atoms. The number of hydrogen-bond donors (Lipinski definition) is 2. The molecule has 0 spiro atoms. The van der Waals surface area contributed by atoms with Gasteiger partial charge in [0.1, 0.15) is 5.82 Å². The van der Waals surface area contributed by atoms with E-state index in [4.69, 9.17) is 0 Å². The van der Waals surface area contributed by atoms with Crippen LogP contribution in [0.1, 0.15) is 26.0 Å². The molecule has 0 bridgehead atoms. The van der Waals surface area contributed by atoms with Gasteiger partial charge < -0.3 is 10.6 Å². The van der Waals surface area contributed by atoms with Gasteiger partial charge in [0.05, 0.1) is 0 Å². The van der Waals surface area contributed by atoms with E-state index < -0.39 is 22.7 Å². The van der Waals surface area contributed by atoms with Crippen LogP contribution in [-0.2, 0) is 17.0 Å². The first kappa shape index (κ1) is 17.7. The minimum absolute atomic E-state index is 0.0638. The topological polar surface area (TPSA) is 66.9 Å². The molecule has 9 heteroatoms. The molecule has 1 rings (SSSR count). The Bertz CT molecular complexity index is 496. The van der Waals surface area contributed by atoms with Gasteiger partial charge in [0.15, 0.2) is 5.69 Å². The Balaban J connectivity index is 2.98. The molecule has 0 saturated heterocycles. The van der Waals surface area contributed by atoms with Crippen molar-refractivity contribution >= 4 is 22.6 Å². The van der Waals surface area contributed by atoms with Crippen LogP contribution in [0.3, 0.4) is 0 Å². The standard InChI is InChI=1S/C12H19F3N4OS/c1-4-5-16-11-18-9(12(13,14)15)6-10(19-11)17-8(2)7-21(3)20/h6,8H,4-5,7H2,1-3H3,(H2,16,17,18,19). The molecule has 1 aromatic heterocycles. The molecule has 0 saturated carbocycles. The van der Waals surface area contributed by atoms with E-state index in [1.54, 1.807) is 6.92 Å². The lowest BCUT2D eigenvalue weighted by molar-refractivity contribution is -0.141. The lowest BCUT2D eigenvalue weighted by Crippen LogP contribution is -2.24. The summed E-state index contributed by atoms with van der Waals surface area (Å²) in [6, 6.07) is 0.595. The lowest BCUT2D eigenvalue weighted by Gasteiger charge is -2.16. The van der Waals surface area contributed by atoms with Crippen molar-refractivity contribution in [1.29, 1.82) is 0 Å². The molecule has 0 amide bonds. The predicted octanol–water partition coefficient (Wildman–Crippen LogP) is 2.50. The van der Waals surface area contributed by atoms with Crippen LogP contribution in [0.5, 0.6) is 0 Å². The number of rotatable bonds is 7. The summed E-state index contributed by atoms with van der Waals surface area (Å²) in [6.07, 6.45) is -2.26. The van der Waals surface area contributed by atoms with Crippen molar-refractivity contribution in [2.45, 2.75) is 32.5 Å². The summed E-state index contributed by atoms with van der Waals surface area (Å²) in [7, 11) is -1.05. The van der Waals surface area contributed by atoms with E-state index >= 15 is 0 Å². The van der Waals surface area contributed by atoms with Crippen LogP contribution in [0.2, 0.25) is 0 Å². The van der Waals surface area contributed by atoms with Crippen molar-refractivity contribution in [3.63, 3.8) is 0 Å². The van der Waals surface area contributed by atoms with Gasteiger partial charge in [-0.2, -0.15) is 18.2 Å². The first-order chi connectivity index (χ1) is 9.72. The minimum atomic E-state index is -4.54. The second-order valence-corrected chi connectivity index (χ2v) is 6.15. The molecule has 0 aliphatic heterocycles. The Hall–Kier alpha value is -1.38. The fraction of sp³-hybridized carbons (Fsp3) is 0.667. The van der Waals surface area contributed by atoms with Crippen molar-refractivity contribution in [2.75, 3.05) is 29.2 Å². The Morgan fingerprint density at radius 2 is 2.05 bits per heavy atom. The number of nitrogens with one attached hydrogen (secondary N) is 2. The molecule has 0 aliphatic carbocycles. The number of aromatic nitrogens is 2. The maximum absolute atomic E-state index is 12.8. The maximum Gasteiger partial charge on any atom is 0.433 e. The number of alkyl halides is 3. The van der Waals surface area contributed by atoms with Crippen LogP contribution in [0, 0.1) is 0 Å². The average Bonchev–Trinajstić information content (AvgIpc) is 2.33. The lowest BCUT2D eigenvalue weighted by atomic mass is 10.3. The summed E-state index contributed by atoms with van der Waals surface area (Å²) in [6.45, 7) is 4.10. The van der Waals surface area contributed by atoms with Crippen molar-refractivity contribution in [1.82, 2.24) is 9.97 Å². The van der Waals surface area contributed by atoms with Crippen LogP contribution < -0.4 is 10.6 Å². The molecule has 120 valence electrons. The molecule has 0 fully saturated rings. The van der Waals surface area contributed by atoms with Crippen molar-refractivity contribution < 1.29 is 17.4 Å². The smallest absolute Gasteiger partial charge is 0.367 e. The molecular weight excluding hydrogens is 305 g/mol. The summed E-state index contributed by atoms with van der Waals surface area (Å²) in [5.74, 6) is 0.316. The van der Waals surface area contributed by atoms with E-state index in [1.165, 1.54) is 6.26 Å². The van der Waals surface area contributed by atoms with Crippen LogP contribution >= 0.6 is 0 Å². The maximum atomic E-state index is 12.8. The monoisotopic (exact) mass is 324 g/mol. The van der Waals surface area contributed by atoms with Crippen LogP contribution in [0.4, 0.5) is 24.9 Å². The van der Waals surface area contributed by atoms with Crippen molar-refractivity contribution in [3.05, 3.63) is 11.8 Å². The van der Waals surface area contributed by atoms with Gasteiger partial charge in [-0.3, -0.25) is 4.21 Å². The molecule has 0 aromatic carbocycles. The molecule has 5 nitrogen and oxygen atoms in total. The van der Waals surface area contributed by atoms with Crippen LogP contribution in [-0.4, -0.2) is 38.8 Å². The van der Waals surface area contributed by atoms with Crippen LogP contribution in [0.15, 0.2) is 6.07 Å². The summed E-state index contributed by atoms with van der Waals surface area (Å²) in [4.78, 5) is 7.46. The molecule has 1 aromatic rings. The third-order valence-electron chi connectivity index (χ3n) is 2.43. The van der Waals surface area contributed by atoms with E-state index in [9.17, 15) is 17.4 Å². The highest BCUT2D eigenvalue weighted by atomic mass is 32.2. The first-order valence-electron chi connectivity index (χ1n) is 6.49.